The Balaban J connectivity index is 1.14. The quantitative estimate of drug-likeness (QED) is 0.269. The van der Waals surface area contributed by atoms with Crippen molar-refractivity contribution in [2.75, 3.05) is 27.3 Å². The fraction of sp³-hybridized carbons (Fsp3) is 0.273. The lowest BCUT2D eigenvalue weighted by molar-refractivity contribution is 0.415. The summed E-state index contributed by atoms with van der Waals surface area (Å²) < 4.78 is 10.9. The topological polar surface area (TPSA) is 74.8 Å². The van der Waals surface area contributed by atoms with E-state index < -0.39 is 0 Å². The summed E-state index contributed by atoms with van der Waals surface area (Å²) in [5.41, 5.74) is 12.4. The third-order valence-corrected chi connectivity index (χ3v) is 8.24. The molecule has 0 aliphatic carbocycles. The third kappa shape index (κ3) is 4.20. The van der Waals surface area contributed by atoms with Crippen molar-refractivity contribution in [2.24, 2.45) is 9.98 Å². The van der Waals surface area contributed by atoms with Gasteiger partial charge in [-0.1, -0.05) is 24.3 Å². The van der Waals surface area contributed by atoms with Gasteiger partial charge in [-0.3, -0.25) is 9.98 Å². The zero-order valence-electron chi connectivity index (χ0n) is 22.4. The molecule has 39 heavy (non-hydrogen) atoms. The Morgan fingerprint density at radius 2 is 1.23 bits per heavy atom. The second-order valence-electron chi connectivity index (χ2n) is 10.4. The highest BCUT2D eigenvalue weighted by Gasteiger charge is 2.22. The number of rotatable bonds is 7. The number of hydrogen-bond acceptors (Lipinski definition) is 4. The molecule has 0 fully saturated rings. The van der Waals surface area contributed by atoms with Crippen molar-refractivity contribution < 1.29 is 9.47 Å². The van der Waals surface area contributed by atoms with E-state index in [0.29, 0.717) is 0 Å². The number of aromatic nitrogens is 2. The van der Waals surface area contributed by atoms with E-state index in [1.165, 1.54) is 50.1 Å². The zero-order valence-corrected chi connectivity index (χ0v) is 22.4. The second kappa shape index (κ2) is 9.77. The van der Waals surface area contributed by atoms with Crippen LogP contribution < -0.4 is 9.47 Å². The van der Waals surface area contributed by atoms with E-state index in [0.717, 1.165) is 73.4 Å². The summed E-state index contributed by atoms with van der Waals surface area (Å²) in [6.07, 6.45) is 4.59. The number of aryl methyl sites for hydroxylation is 1. The van der Waals surface area contributed by atoms with Crippen LogP contribution in [-0.4, -0.2) is 48.7 Å². The SMILES string of the molecule is COc1ccc2c3c([nH]c2c1)C(CCc1ccccc1CC1=NCCc2c1[nH]c1cc(OC)ccc21)=NCC3. The number of nitrogens with zero attached hydrogens (tertiary/aromatic N) is 2. The van der Waals surface area contributed by atoms with Crippen molar-refractivity contribution in [3.63, 3.8) is 0 Å². The van der Waals surface area contributed by atoms with Gasteiger partial charge in [-0.25, -0.2) is 0 Å². The molecule has 6 nitrogen and oxygen atoms in total. The van der Waals surface area contributed by atoms with Gasteiger partial charge in [0.1, 0.15) is 11.5 Å². The maximum Gasteiger partial charge on any atom is 0.120 e. The first-order chi connectivity index (χ1) is 19.2. The Morgan fingerprint density at radius 1 is 0.667 bits per heavy atom. The van der Waals surface area contributed by atoms with Crippen LogP contribution in [0.15, 0.2) is 70.6 Å². The minimum atomic E-state index is 0.817. The van der Waals surface area contributed by atoms with Gasteiger partial charge < -0.3 is 19.4 Å². The van der Waals surface area contributed by atoms with Crippen molar-refractivity contribution in [2.45, 2.75) is 32.1 Å². The van der Waals surface area contributed by atoms with Crippen LogP contribution >= 0.6 is 0 Å². The Labute approximate surface area is 227 Å². The minimum absolute atomic E-state index is 0.817. The normalized spacial score (nSPS) is 14.6. The molecule has 0 radical (unpaired) electrons. The number of benzene rings is 3. The predicted molar refractivity (Wildman–Crippen MR) is 158 cm³/mol. The van der Waals surface area contributed by atoms with Crippen LogP contribution in [0.1, 0.15) is 40.1 Å². The maximum absolute atomic E-state index is 5.45. The van der Waals surface area contributed by atoms with E-state index in [-0.39, 0.29) is 0 Å². The van der Waals surface area contributed by atoms with Crippen LogP contribution in [0, 0.1) is 0 Å². The Bertz CT molecular complexity index is 1770. The van der Waals surface area contributed by atoms with Gasteiger partial charge in [-0.2, -0.15) is 0 Å². The molecule has 196 valence electrons. The van der Waals surface area contributed by atoms with Crippen molar-refractivity contribution in [3.8, 4) is 11.5 Å². The summed E-state index contributed by atoms with van der Waals surface area (Å²) in [5, 5.41) is 2.55. The molecule has 0 unspecified atom stereocenters. The molecular formula is C33H32N4O2. The van der Waals surface area contributed by atoms with E-state index >= 15 is 0 Å². The first kappa shape index (κ1) is 23.8. The monoisotopic (exact) mass is 516 g/mol. The summed E-state index contributed by atoms with van der Waals surface area (Å²) >= 11 is 0. The molecule has 2 aromatic heterocycles. The van der Waals surface area contributed by atoms with Gasteiger partial charge in [0.15, 0.2) is 0 Å². The third-order valence-electron chi connectivity index (χ3n) is 8.24. The van der Waals surface area contributed by atoms with Gasteiger partial charge in [0, 0.05) is 53.4 Å². The van der Waals surface area contributed by atoms with Crippen LogP contribution in [0.4, 0.5) is 0 Å². The highest BCUT2D eigenvalue weighted by Crippen LogP contribution is 2.32. The lowest BCUT2D eigenvalue weighted by Gasteiger charge is -2.17. The fourth-order valence-corrected chi connectivity index (χ4v) is 6.25. The molecule has 7 rings (SSSR count). The highest BCUT2D eigenvalue weighted by molar-refractivity contribution is 6.08. The standard InChI is InChI=1S/C33H32N4O2/c1-38-22-8-10-24-26-13-15-34-28(32(26)36-29(24)18-22)12-7-20-5-3-4-6-21(20)17-31-33-27(14-16-35-31)25-11-9-23(39-2)19-30(25)37-33/h3-6,8-11,18-19,36-37H,7,12-17H2,1-2H3. The van der Waals surface area contributed by atoms with Crippen molar-refractivity contribution >= 4 is 33.2 Å². The van der Waals surface area contributed by atoms with E-state index in [2.05, 4.69) is 58.5 Å². The first-order valence-corrected chi connectivity index (χ1v) is 13.7. The van der Waals surface area contributed by atoms with Gasteiger partial charge in [0.25, 0.3) is 0 Å². The average Bonchev–Trinajstić information content (AvgIpc) is 3.55. The fourth-order valence-electron chi connectivity index (χ4n) is 6.25. The molecule has 0 atom stereocenters. The summed E-state index contributed by atoms with van der Waals surface area (Å²) in [7, 11) is 3.42. The Morgan fingerprint density at radius 3 is 1.85 bits per heavy atom. The molecule has 0 bridgehead atoms. The number of H-pyrrole nitrogens is 2. The van der Waals surface area contributed by atoms with E-state index in [1.807, 2.05) is 12.1 Å². The zero-order chi connectivity index (χ0) is 26.3. The van der Waals surface area contributed by atoms with Crippen LogP contribution in [0.2, 0.25) is 0 Å². The lowest BCUT2D eigenvalue weighted by atomic mass is 9.92. The van der Waals surface area contributed by atoms with Gasteiger partial charge in [0.05, 0.1) is 37.0 Å². The van der Waals surface area contributed by atoms with Crippen LogP contribution in [0.25, 0.3) is 21.8 Å². The van der Waals surface area contributed by atoms with E-state index in [1.54, 1.807) is 14.2 Å². The van der Waals surface area contributed by atoms with Crippen molar-refractivity contribution in [3.05, 3.63) is 94.3 Å². The number of aromatic amines is 2. The van der Waals surface area contributed by atoms with Gasteiger partial charge in [0.2, 0.25) is 0 Å². The van der Waals surface area contributed by atoms with Crippen LogP contribution in [-0.2, 0) is 25.7 Å². The Kier molecular flexibility index (Phi) is 5.95. The summed E-state index contributed by atoms with van der Waals surface area (Å²) in [6.45, 7) is 1.67. The predicted octanol–water partition coefficient (Wildman–Crippen LogP) is 6.23. The maximum atomic E-state index is 5.45. The molecule has 3 aromatic carbocycles. The van der Waals surface area contributed by atoms with Crippen LogP contribution in [0.3, 0.4) is 0 Å². The minimum Gasteiger partial charge on any atom is -0.497 e. The number of aliphatic imine (C=N–C) groups is 2. The summed E-state index contributed by atoms with van der Waals surface area (Å²) in [5.74, 6) is 1.74. The molecule has 2 aliphatic rings. The molecule has 0 spiro atoms. The number of hydrogen-bond donors (Lipinski definition) is 2. The molecule has 5 aromatic rings. The number of nitrogens with one attached hydrogen (secondary N) is 2. The van der Waals surface area contributed by atoms with Crippen molar-refractivity contribution in [1.82, 2.24) is 9.97 Å². The number of methoxy groups -OCH3 is 2. The average molecular weight is 517 g/mol. The Hall–Kier alpha value is -4.32. The molecule has 4 heterocycles. The summed E-state index contributed by atoms with van der Waals surface area (Å²) in [6, 6.07) is 21.4. The smallest absolute Gasteiger partial charge is 0.120 e. The first-order valence-electron chi connectivity index (χ1n) is 13.7. The van der Waals surface area contributed by atoms with Crippen molar-refractivity contribution in [1.29, 1.82) is 0 Å². The van der Waals surface area contributed by atoms with E-state index in [9.17, 15) is 0 Å². The molecule has 2 aliphatic heterocycles. The largest absolute Gasteiger partial charge is 0.497 e. The molecular weight excluding hydrogens is 484 g/mol. The molecule has 0 amide bonds. The molecule has 6 heteroatoms. The van der Waals surface area contributed by atoms with Crippen LogP contribution in [0.5, 0.6) is 11.5 Å². The lowest BCUT2D eigenvalue weighted by Crippen LogP contribution is -2.16. The molecule has 2 N–H and O–H groups in total. The molecule has 0 saturated heterocycles. The van der Waals surface area contributed by atoms with Gasteiger partial charge in [-0.15, -0.1) is 0 Å². The second-order valence-corrected chi connectivity index (χ2v) is 10.4. The molecule has 0 saturated carbocycles. The highest BCUT2D eigenvalue weighted by atomic mass is 16.5. The van der Waals surface area contributed by atoms with Gasteiger partial charge in [-0.05, 0) is 72.2 Å². The summed E-state index contributed by atoms with van der Waals surface area (Å²) in [4.78, 5) is 17.2. The number of ether oxygens (including phenoxy) is 2. The number of fused-ring (bicyclic) bond motifs is 6. The van der Waals surface area contributed by atoms with E-state index in [4.69, 9.17) is 19.5 Å². The van der Waals surface area contributed by atoms with Gasteiger partial charge >= 0.3 is 0 Å².